The van der Waals surface area contributed by atoms with E-state index in [0.29, 0.717) is 12.0 Å². The third kappa shape index (κ3) is 3.63. The van der Waals surface area contributed by atoms with E-state index in [1.165, 1.54) is 31.4 Å². The molecule has 0 bridgehead atoms. The number of ketones is 1. The van der Waals surface area contributed by atoms with Crippen LogP contribution in [0.2, 0.25) is 0 Å². The molecule has 0 aromatic heterocycles. The first-order chi connectivity index (χ1) is 9.49. The number of rotatable bonds is 5. The monoisotopic (exact) mass is 337 g/mol. The Hall–Kier alpha value is -0.830. The molecule has 1 aliphatic carbocycles. The van der Waals surface area contributed by atoms with Gasteiger partial charge in [-0.15, -0.1) is 0 Å². The van der Waals surface area contributed by atoms with Crippen LogP contribution in [-0.2, 0) is 0 Å². The molecule has 0 heterocycles. The maximum Gasteiger partial charge on any atom is 0.160 e. The second-order valence-corrected chi connectivity index (χ2v) is 7.06. The smallest absolute Gasteiger partial charge is 0.160 e. The molecule has 1 aliphatic rings. The van der Waals surface area contributed by atoms with Crippen molar-refractivity contribution >= 4 is 27.4 Å². The molecule has 0 amide bonds. The van der Waals surface area contributed by atoms with Crippen LogP contribution in [0.5, 0.6) is 0 Å². The highest BCUT2D eigenvalue weighted by Crippen LogP contribution is 2.31. The Morgan fingerprint density at radius 1 is 1.35 bits per heavy atom. The molecule has 2 rings (SSSR count). The lowest BCUT2D eigenvalue weighted by atomic mass is 10.1. The minimum absolute atomic E-state index is 0.111. The minimum Gasteiger partial charge on any atom is -0.368 e. The lowest BCUT2D eigenvalue weighted by Crippen LogP contribution is -2.36. The third-order valence-corrected chi connectivity index (χ3v) is 4.65. The summed E-state index contributed by atoms with van der Waals surface area (Å²) in [5.41, 5.74) is 2.01. The standard InChI is InChI=1S/C17H24BrNO/c1-12(2)11-19(14-6-4-5-7-14)15-8-9-16(13(3)20)17(18)10-15/h8-10,12,14H,4-7,11H2,1-3H3. The Balaban J connectivity index is 2.28. The van der Waals surface area contributed by atoms with E-state index >= 15 is 0 Å². The molecule has 0 radical (unpaired) electrons. The van der Waals surface area contributed by atoms with Crippen LogP contribution in [0.4, 0.5) is 5.69 Å². The van der Waals surface area contributed by atoms with Crippen LogP contribution in [0.1, 0.15) is 56.8 Å². The zero-order valence-corrected chi connectivity index (χ0v) is 14.2. The van der Waals surface area contributed by atoms with Crippen molar-refractivity contribution in [1.29, 1.82) is 0 Å². The van der Waals surface area contributed by atoms with Crippen LogP contribution >= 0.6 is 15.9 Å². The number of halogens is 1. The molecular weight excluding hydrogens is 314 g/mol. The van der Waals surface area contributed by atoms with Crippen LogP contribution in [0.3, 0.4) is 0 Å². The van der Waals surface area contributed by atoms with Crippen molar-refractivity contribution in [3.8, 4) is 0 Å². The van der Waals surface area contributed by atoms with Crippen molar-refractivity contribution in [2.75, 3.05) is 11.4 Å². The average molecular weight is 338 g/mol. The number of Topliss-reactive ketones (excluding diaryl/α,β-unsaturated/α-hetero) is 1. The van der Waals surface area contributed by atoms with Gasteiger partial charge in [0.25, 0.3) is 0 Å². The highest BCUT2D eigenvalue weighted by Gasteiger charge is 2.24. The lowest BCUT2D eigenvalue weighted by molar-refractivity contribution is 0.101. The number of carbonyl (C=O) groups is 1. The summed E-state index contributed by atoms with van der Waals surface area (Å²) in [6, 6.07) is 6.82. The number of hydrogen-bond donors (Lipinski definition) is 0. The molecule has 0 atom stereocenters. The Bertz CT molecular complexity index is 478. The van der Waals surface area contributed by atoms with E-state index in [1.807, 2.05) is 6.07 Å². The van der Waals surface area contributed by atoms with Crippen molar-refractivity contribution in [3.05, 3.63) is 28.2 Å². The fraction of sp³-hybridized carbons (Fsp3) is 0.588. The van der Waals surface area contributed by atoms with E-state index in [4.69, 9.17) is 0 Å². The molecule has 2 nitrogen and oxygen atoms in total. The van der Waals surface area contributed by atoms with E-state index < -0.39 is 0 Å². The molecule has 3 heteroatoms. The van der Waals surface area contributed by atoms with Gasteiger partial charge in [0, 0.05) is 28.3 Å². The average Bonchev–Trinajstić information content (AvgIpc) is 2.88. The number of anilines is 1. The quantitative estimate of drug-likeness (QED) is 0.700. The number of carbonyl (C=O) groups excluding carboxylic acids is 1. The van der Waals surface area contributed by atoms with Crippen LogP contribution in [0.15, 0.2) is 22.7 Å². The van der Waals surface area contributed by atoms with Gasteiger partial charge in [-0.1, -0.05) is 26.7 Å². The topological polar surface area (TPSA) is 20.3 Å². The first-order valence-electron chi connectivity index (χ1n) is 7.56. The van der Waals surface area contributed by atoms with Crippen LogP contribution in [-0.4, -0.2) is 18.4 Å². The van der Waals surface area contributed by atoms with Crippen LogP contribution in [0.25, 0.3) is 0 Å². The normalized spacial score (nSPS) is 15.8. The molecule has 0 aliphatic heterocycles. The maximum atomic E-state index is 11.5. The molecule has 1 fully saturated rings. The van der Waals surface area contributed by atoms with Crippen molar-refractivity contribution in [2.24, 2.45) is 5.92 Å². The predicted molar refractivity (Wildman–Crippen MR) is 88.6 cm³/mol. The fourth-order valence-electron chi connectivity index (χ4n) is 3.04. The molecule has 1 aromatic rings. The van der Waals surface area contributed by atoms with Gasteiger partial charge in [-0.3, -0.25) is 4.79 Å². The van der Waals surface area contributed by atoms with Gasteiger partial charge in [0.1, 0.15) is 0 Å². The van der Waals surface area contributed by atoms with E-state index in [0.717, 1.165) is 16.6 Å². The van der Waals surface area contributed by atoms with E-state index in [-0.39, 0.29) is 5.78 Å². The summed E-state index contributed by atoms with van der Waals surface area (Å²) in [4.78, 5) is 14.1. The largest absolute Gasteiger partial charge is 0.368 e. The number of nitrogens with zero attached hydrogens (tertiary/aromatic N) is 1. The summed E-state index contributed by atoms with van der Waals surface area (Å²) in [6.45, 7) is 7.22. The van der Waals surface area contributed by atoms with Gasteiger partial charge in [-0.05, 0) is 59.8 Å². The Labute approximate surface area is 130 Å². The van der Waals surface area contributed by atoms with Crippen molar-refractivity contribution in [1.82, 2.24) is 0 Å². The maximum absolute atomic E-state index is 11.5. The van der Waals surface area contributed by atoms with Gasteiger partial charge in [0.15, 0.2) is 5.78 Å². The molecule has 0 N–H and O–H groups in total. The molecular formula is C17H24BrNO. The van der Waals surface area contributed by atoms with Crippen molar-refractivity contribution in [2.45, 2.75) is 52.5 Å². The summed E-state index contributed by atoms with van der Waals surface area (Å²) in [7, 11) is 0. The molecule has 0 unspecified atom stereocenters. The second-order valence-electron chi connectivity index (χ2n) is 6.20. The highest BCUT2D eigenvalue weighted by molar-refractivity contribution is 9.10. The minimum atomic E-state index is 0.111. The predicted octanol–water partition coefficient (Wildman–Crippen LogP) is 5.06. The SMILES string of the molecule is CC(=O)c1ccc(N(CC(C)C)C2CCCC2)cc1Br. The molecule has 1 aromatic carbocycles. The lowest BCUT2D eigenvalue weighted by Gasteiger charge is -2.33. The second kappa shape index (κ2) is 6.75. The van der Waals surface area contributed by atoms with E-state index in [9.17, 15) is 4.79 Å². The molecule has 110 valence electrons. The van der Waals surface area contributed by atoms with E-state index in [1.54, 1.807) is 6.92 Å². The summed E-state index contributed by atoms with van der Waals surface area (Å²) in [5, 5.41) is 0. The summed E-state index contributed by atoms with van der Waals surface area (Å²) in [6.07, 6.45) is 5.26. The van der Waals surface area contributed by atoms with Gasteiger partial charge in [0.05, 0.1) is 0 Å². The first-order valence-corrected chi connectivity index (χ1v) is 8.35. The molecule has 0 saturated heterocycles. The number of benzene rings is 1. The zero-order valence-electron chi connectivity index (χ0n) is 12.7. The Morgan fingerprint density at radius 2 is 2.00 bits per heavy atom. The Morgan fingerprint density at radius 3 is 2.50 bits per heavy atom. The van der Waals surface area contributed by atoms with Gasteiger partial charge >= 0.3 is 0 Å². The van der Waals surface area contributed by atoms with E-state index in [2.05, 4.69) is 46.8 Å². The molecule has 0 spiro atoms. The van der Waals surface area contributed by atoms with Crippen LogP contribution < -0.4 is 4.90 Å². The summed E-state index contributed by atoms with van der Waals surface area (Å²) < 4.78 is 0.911. The van der Waals surface area contributed by atoms with Crippen LogP contribution in [0, 0.1) is 5.92 Å². The highest BCUT2D eigenvalue weighted by atomic mass is 79.9. The zero-order chi connectivity index (χ0) is 14.7. The van der Waals surface area contributed by atoms with Gasteiger partial charge in [0.2, 0.25) is 0 Å². The third-order valence-electron chi connectivity index (χ3n) is 3.99. The van der Waals surface area contributed by atoms with Gasteiger partial charge in [-0.25, -0.2) is 0 Å². The first kappa shape index (κ1) is 15.6. The summed E-state index contributed by atoms with van der Waals surface area (Å²) >= 11 is 3.54. The summed E-state index contributed by atoms with van der Waals surface area (Å²) in [5.74, 6) is 0.751. The fourth-order valence-corrected chi connectivity index (χ4v) is 3.69. The molecule has 20 heavy (non-hydrogen) atoms. The van der Waals surface area contributed by atoms with Gasteiger partial charge < -0.3 is 4.90 Å². The molecule has 1 saturated carbocycles. The van der Waals surface area contributed by atoms with Crippen molar-refractivity contribution in [3.63, 3.8) is 0 Å². The van der Waals surface area contributed by atoms with Crippen molar-refractivity contribution < 1.29 is 4.79 Å². The van der Waals surface area contributed by atoms with Gasteiger partial charge in [-0.2, -0.15) is 0 Å². The number of hydrogen-bond acceptors (Lipinski definition) is 2. The Kier molecular flexibility index (Phi) is 5.25.